The van der Waals surface area contributed by atoms with Gasteiger partial charge in [0.1, 0.15) is 0 Å². The summed E-state index contributed by atoms with van der Waals surface area (Å²) in [4.78, 5) is 26.1. The van der Waals surface area contributed by atoms with Gasteiger partial charge >= 0.3 is 6.03 Å². The summed E-state index contributed by atoms with van der Waals surface area (Å²) < 4.78 is 0. The second kappa shape index (κ2) is 11.7. The molecule has 0 saturated carbocycles. The van der Waals surface area contributed by atoms with Crippen molar-refractivity contribution in [3.8, 4) is 0 Å². The highest BCUT2D eigenvalue weighted by molar-refractivity contribution is 5.99. The van der Waals surface area contributed by atoms with Crippen LogP contribution in [0.15, 0.2) is 24.3 Å². The molecule has 3 amide bonds. The number of benzene rings is 1. The van der Waals surface area contributed by atoms with E-state index in [1.54, 1.807) is 4.90 Å². The number of nitrogens with one attached hydrogen (secondary N) is 2. The maximum Gasteiger partial charge on any atom is 0.321 e. The third kappa shape index (κ3) is 7.32. The van der Waals surface area contributed by atoms with Crippen molar-refractivity contribution >= 4 is 35.7 Å². The minimum atomic E-state index is -0.101. The first-order valence-electron chi connectivity index (χ1n) is 8.85. The SMILES string of the molecule is Cl.NCCCCCCC(=O)Nc1ccccc1NC(=O)N1CCCC1. The van der Waals surface area contributed by atoms with Crippen molar-refractivity contribution in [2.45, 2.75) is 44.9 Å². The van der Waals surface area contributed by atoms with Crippen LogP contribution < -0.4 is 16.4 Å². The van der Waals surface area contributed by atoms with Crippen LogP contribution in [0.3, 0.4) is 0 Å². The molecule has 0 bridgehead atoms. The molecule has 0 aliphatic carbocycles. The minimum Gasteiger partial charge on any atom is -0.330 e. The highest BCUT2D eigenvalue weighted by atomic mass is 35.5. The minimum absolute atomic E-state index is 0. The van der Waals surface area contributed by atoms with E-state index < -0.39 is 0 Å². The van der Waals surface area contributed by atoms with Crippen LogP contribution in [0.2, 0.25) is 0 Å². The highest BCUT2D eigenvalue weighted by Gasteiger charge is 2.18. The van der Waals surface area contributed by atoms with Crippen LogP contribution in [0.1, 0.15) is 44.9 Å². The Balaban J connectivity index is 0.00000312. The predicted molar refractivity (Wildman–Crippen MR) is 104 cm³/mol. The summed E-state index contributed by atoms with van der Waals surface area (Å²) in [5.74, 6) is -0.0226. The molecule has 0 atom stereocenters. The van der Waals surface area contributed by atoms with E-state index in [1.807, 2.05) is 24.3 Å². The lowest BCUT2D eigenvalue weighted by Gasteiger charge is -2.18. The Bertz CT molecular complexity index is 548. The Morgan fingerprint density at radius 3 is 2.20 bits per heavy atom. The standard InChI is InChI=1S/C18H28N4O2.ClH/c19-12-6-2-1-3-11-17(23)20-15-9-4-5-10-16(15)21-18(24)22-13-7-8-14-22;/h4-5,9-10H,1-3,6-8,11-14,19H2,(H,20,23)(H,21,24);1H. The molecule has 1 aromatic carbocycles. The Labute approximate surface area is 155 Å². The van der Waals surface area contributed by atoms with Gasteiger partial charge in [-0.1, -0.05) is 25.0 Å². The number of carbonyl (C=O) groups is 2. The van der Waals surface area contributed by atoms with Crippen molar-refractivity contribution < 1.29 is 9.59 Å². The predicted octanol–water partition coefficient (Wildman–Crippen LogP) is 3.58. The molecule has 25 heavy (non-hydrogen) atoms. The first-order chi connectivity index (χ1) is 11.7. The topological polar surface area (TPSA) is 87.5 Å². The number of hydrogen-bond donors (Lipinski definition) is 3. The quantitative estimate of drug-likeness (QED) is 0.613. The molecular formula is C18H29ClN4O2. The summed E-state index contributed by atoms with van der Waals surface area (Å²) in [7, 11) is 0. The zero-order valence-electron chi connectivity index (χ0n) is 14.6. The molecule has 4 N–H and O–H groups in total. The normalized spacial score (nSPS) is 13.2. The second-order valence-corrected chi connectivity index (χ2v) is 6.17. The molecule has 1 fully saturated rings. The number of amides is 3. The first kappa shape index (κ1) is 21.3. The smallest absolute Gasteiger partial charge is 0.321 e. The van der Waals surface area contributed by atoms with E-state index in [-0.39, 0.29) is 24.3 Å². The van der Waals surface area contributed by atoms with E-state index in [2.05, 4.69) is 10.6 Å². The van der Waals surface area contributed by atoms with Crippen LogP contribution in [-0.4, -0.2) is 36.5 Å². The van der Waals surface area contributed by atoms with Crippen LogP contribution in [0.25, 0.3) is 0 Å². The average Bonchev–Trinajstić information content (AvgIpc) is 3.11. The maximum atomic E-state index is 12.2. The van der Waals surface area contributed by atoms with Gasteiger partial charge < -0.3 is 21.3 Å². The Kier molecular flexibility index (Phi) is 9.96. The molecular weight excluding hydrogens is 340 g/mol. The fourth-order valence-corrected chi connectivity index (χ4v) is 2.81. The third-order valence-corrected chi connectivity index (χ3v) is 4.19. The van der Waals surface area contributed by atoms with Crippen molar-refractivity contribution in [3.05, 3.63) is 24.3 Å². The number of likely N-dealkylation sites (tertiary alicyclic amines) is 1. The number of nitrogens with two attached hydrogens (primary N) is 1. The van der Waals surface area contributed by atoms with Crippen molar-refractivity contribution in [2.75, 3.05) is 30.3 Å². The fraction of sp³-hybridized carbons (Fsp3) is 0.556. The molecule has 2 rings (SSSR count). The first-order valence-corrected chi connectivity index (χ1v) is 8.85. The lowest BCUT2D eigenvalue weighted by Crippen LogP contribution is -2.32. The van der Waals surface area contributed by atoms with Gasteiger partial charge in [-0.2, -0.15) is 0 Å². The summed E-state index contributed by atoms with van der Waals surface area (Å²) in [6, 6.07) is 7.22. The zero-order chi connectivity index (χ0) is 17.2. The lowest BCUT2D eigenvalue weighted by atomic mass is 10.1. The summed E-state index contributed by atoms with van der Waals surface area (Å²) in [6.45, 7) is 2.29. The molecule has 1 aromatic rings. The van der Waals surface area contributed by atoms with E-state index >= 15 is 0 Å². The summed E-state index contributed by atoms with van der Waals surface area (Å²) >= 11 is 0. The Morgan fingerprint density at radius 2 is 1.56 bits per heavy atom. The number of anilines is 2. The largest absolute Gasteiger partial charge is 0.330 e. The highest BCUT2D eigenvalue weighted by Crippen LogP contribution is 2.22. The maximum absolute atomic E-state index is 12.2. The zero-order valence-corrected chi connectivity index (χ0v) is 15.4. The van der Waals surface area contributed by atoms with Crippen LogP contribution in [0, 0.1) is 0 Å². The number of nitrogens with zero attached hydrogens (tertiary/aromatic N) is 1. The Morgan fingerprint density at radius 1 is 0.960 bits per heavy atom. The van der Waals surface area contributed by atoms with E-state index in [0.717, 1.165) is 51.6 Å². The lowest BCUT2D eigenvalue weighted by molar-refractivity contribution is -0.116. The van der Waals surface area contributed by atoms with Crippen LogP contribution >= 0.6 is 12.4 Å². The molecule has 0 unspecified atom stereocenters. The monoisotopic (exact) mass is 368 g/mol. The molecule has 0 spiro atoms. The van der Waals surface area contributed by atoms with Crippen molar-refractivity contribution in [3.63, 3.8) is 0 Å². The third-order valence-electron chi connectivity index (χ3n) is 4.19. The van der Waals surface area contributed by atoms with Gasteiger partial charge in [0.15, 0.2) is 0 Å². The second-order valence-electron chi connectivity index (χ2n) is 6.17. The van der Waals surface area contributed by atoms with E-state index in [0.29, 0.717) is 24.3 Å². The van der Waals surface area contributed by atoms with Gasteiger partial charge in [0, 0.05) is 19.5 Å². The molecule has 7 heteroatoms. The van der Waals surface area contributed by atoms with Crippen LogP contribution in [0.5, 0.6) is 0 Å². The van der Waals surface area contributed by atoms with Gasteiger partial charge in [0.2, 0.25) is 5.91 Å². The number of carbonyl (C=O) groups excluding carboxylic acids is 2. The fourth-order valence-electron chi connectivity index (χ4n) is 2.81. The van der Waals surface area contributed by atoms with Crippen molar-refractivity contribution in [1.82, 2.24) is 4.90 Å². The summed E-state index contributed by atoms with van der Waals surface area (Å²) in [5.41, 5.74) is 6.75. The molecule has 0 radical (unpaired) electrons. The van der Waals surface area contributed by atoms with Gasteiger partial charge in [-0.25, -0.2) is 4.79 Å². The van der Waals surface area contributed by atoms with Gasteiger partial charge in [0.05, 0.1) is 11.4 Å². The molecule has 1 aliphatic heterocycles. The number of para-hydroxylation sites is 2. The molecule has 1 saturated heterocycles. The summed E-state index contributed by atoms with van der Waals surface area (Å²) in [5, 5.41) is 5.80. The van der Waals surface area contributed by atoms with E-state index in [1.165, 1.54) is 0 Å². The van der Waals surface area contributed by atoms with Gasteiger partial charge in [-0.05, 0) is 44.4 Å². The number of hydrogen-bond acceptors (Lipinski definition) is 3. The molecule has 140 valence electrons. The van der Waals surface area contributed by atoms with E-state index in [4.69, 9.17) is 5.73 Å². The number of rotatable bonds is 8. The van der Waals surface area contributed by atoms with Gasteiger partial charge in [-0.15, -0.1) is 12.4 Å². The molecule has 6 nitrogen and oxygen atoms in total. The number of halogens is 1. The van der Waals surface area contributed by atoms with Crippen molar-refractivity contribution in [1.29, 1.82) is 0 Å². The number of urea groups is 1. The molecule has 1 heterocycles. The van der Waals surface area contributed by atoms with E-state index in [9.17, 15) is 9.59 Å². The van der Waals surface area contributed by atoms with Gasteiger partial charge in [-0.3, -0.25) is 4.79 Å². The van der Waals surface area contributed by atoms with Crippen molar-refractivity contribution in [2.24, 2.45) is 5.73 Å². The van der Waals surface area contributed by atoms with Crippen LogP contribution in [-0.2, 0) is 4.79 Å². The molecule has 0 aromatic heterocycles. The summed E-state index contributed by atoms with van der Waals surface area (Å²) in [6.07, 6.45) is 6.52. The average molecular weight is 369 g/mol. The molecule has 1 aliphatic rings. The van der Waals surface area contributed by atoms with Gasteiger partial charge in [0.25, 0.3) is 0 Å². The van der Waals surface area contributed by atoms with Crippen LogP contribution in [0.4, 0.5) is 16.2 Å². The Hall–Kier alpha value is -1.79. The number of unbranched alkanes of at least 4 members (excludes halogenated alkanes) is 3.